The molecule has 1 aromatic rings. The maximum atomic E-state index is 10.5. The molecule has 0 fully saturated rings. The first-order valence-electron chi connectivity index (χ1n) is 7.16. The molecule has 1 unspecified atom stereocenters. The summed E-state index contributed by atoms with van der Waals surface area (Å²) < 4.78 is 5.60. The zero-order valence-electron chi connectivity index (χ0n) is 12.6. The van der Waals surface area contributed by atoms with Crippen LogP contribution < -0.4 is 10.1 Å². The van der Waals surface area contributed by atoms with Crippen LogP contribution in [0, 0.1) is 0 Å². The Morgan fingerprint density at radius 1 is 1.21 bits per heavy atom. The fourth-order valence-electron chi connectivity index (χ4n) is 1.94. The van der Waals surface area contributed by atoms with Crippen LogP contribution in [0.1, 0.15) is 46.1 Å². The Balaban J connectivity index is 2.57. The van der Waals surface area contributed by atoms with Crippen molar-refractivity contribution in [2.75, 3.05) is 13.1 Å². The van der Waals surface area contributed by atoms with Crippen molar-refractivity contribution >= 4 is 0 Å². The Morgan fingerprint density at radius 2 is 1.84 bits per heavy atom. The van der Waals surface area contributed by atoms with E-state index < -0.39 is 5.60 Å². The summed E-state index contributed by atoms with van der Waals surface area (Å²) in [5, 5.41) is 13.8. The van der Waals surface area contributed by atoms with Gasteiger partial charge >= 0.3 is 0 Å². The Hall–Kier alpha value is -1.06. The number of rotatable bonds is 8. The zero-order chi connectivity index (χ0) is 14.3. The van der Waals surface area contributed by atoms with E-state index in [9.17, 15) is 5.11 Å². The van der Waals surface area contributed by atoms with Gasteiger partial charge in [-0.3, -0.25) is 0 Å². The molecule has 0 radical (unpaired) electrons. The molecule has 0 aliphatic carbocycles. The number of ether oxygens (including phenoxy) is 1. The van der Waals surface area contributed by atoms with Crippen LogP contribution in [0.15, 0.2) is 24.3 Å². The molecule has 1 rings (SSSR count). The van der Waals surface area contributed by atoms with Crippen LogP contribution in [0.5, 0.6) is 5.75 Å². The number of aliphatic hydroxyl groups is 1. The Bertz CT molecular complexity index is 358. The number of nitrogens with one attached hydrogen (secondary N) is 1. The minimum Gasteiger partial charge on any atom is -0.491 e. The van der Waals surface area contributed by atoms with Gasteiger partial charge in [0.15, 0.2) is 0 Å². The molecule has 3 nitrogen and oxygen atoms in total. The molecule has 0 aliphatic rings. The van der Waals surface area contributed by atoms with E-state index >= 15 is 0 Å². The second-order valence-corrected chi connectivity index (χ2v) is 5.46. The van der Waals surface area contributed by atoms with Gasteiger partial charge in [0.2, 0.25) is 0 Å². The number of hydrogen-bond acceptors (Lipinski definition) is 3. The molecule has 2 N–H and O–H groups in total. The second kappa shape index (κ2) is 7.51. The van der Waals surface area contributed by atoms with Crippen molar-refractivity contribution in [3.63, 3.8) is 0 Å². The highest BCUT2D eigenvalue weighted by molar-refractivity contribution is 5.30. The lowest BCUT2D eigenvalue weighted by Gasteiger charge is -2.24. The van der Waals surface area contributed by atoms with E-state index in [2.05, 4.69) is 12.2 Å². The lowest BCUT2D eigenvalue weighted by Crippen LogP contribution is -2.28. The summed E-state index contributed by atoms with van der Waals surface area (Å²) in [5.74, 6) is 0.846. The minimum atomic E-state index is -0.795. The molecule has 1 atom stereocenters. The zero-order valence-corrected chi connectivity index (χ0v) is 12.6. The summed E-state index contributed by atoms with van der Waals surface area (Å²) in [7, 11) is 0. The van der Waals surface area contributed by atoms with Gasteiger partial charge in [-0.2, -0.15) is 0 Å². The molecule has 108 valence electrons. The maximum absolute atomic E-state index is 10.5. The van der Waals surface area contributed by atoms with Gasteiger partial charge in [-0.1, -0.05) is 19.1 Å². The molecule has 0 saturated carbocycles. The van der Waals surface area contributed by atoms with Crippen molar-refractivity contribution in [1.82, 2.24) is 5.32 Å². The minimum absolute atomic E-state index is 0.171. The first-order chi connectivity index (χ1) is 8.95. The normalized spacial score (nSPS) is 14.4. The molecule has 0 saturated heterocycles. The molecule has 0 bridgehead atoms. The Kier molecular flexibility index (Phi) is 6.32. The fraction of sp³-hybridized carbons (Fsp3) is 0.625. The van der Waals surface area contributed by atoms with Crippen molar-refractivity contribution in [2.24, 2.45) is 0 Å². The lowest BCUT2D eigenvalue weighted by molar-refractivity contribution is 0.0480. The molecule has 0 amide bonds. The van der Waals surface area contributed by atoms with Gasteiger partial charge in [0, 0.05) is 0 Å². The maximum Gasteiger partial charge on any atom is 0.119 e. The fourth-order valence-corrected chi connectivity index (χ4v) is 1.94. The van der Waals surface area contributed by atoms with E-state index in [1.54, 1.807) is 0 Å². The van der Waals surface area contributed by atoms with Crippen LogP contribution in [0.4, 0.5) is 0 Å². The molecule has 19 heavy (non-hydrogen) atoms. The third-order valence-corrected chi connectivity index (χ3v) is 3.06. The predicted octanol–water partition coefficient (Wildman–Crippen LogP) is 3.07. The van der Waals surface area contributed by atoms with Crippen LogP contribution in [-0.4, -0.2) is 24.3 Å². The quantitative estimate of drug-likeness (QED) is 0.710. The van der Waals surface area contributed by atoms with E-state index in [1.807, 2.05) is 45.0 Å². The van der Waals surface area contributed by atoms with Crippen LogP contribution in [0.3, 0.4) is 0 Å². The molecular weight excluding hydrogens is 238 g/mol. The summed E-state index contributed by atoms with van der Waals surface area (Å²) in [6.45, 7) is 9.83. The summed E-state index contributed by atoms with van der Waals surface area (Å²) in [6, 6.07) is 7.72. The van der Waals surface area contributed by atoms with Crippen molar-refractivity contribution < 1.29 is 9.84 Å². The van der Waals surface area contributed by atoms with E-state index in [1.165, 1.54) is 0 Å². The molecule has 0 aromatic heterocycles. The first kappa shape index (κ1) is 16.0. The van der Waals surface area contributed by atoms with Gasteiger partial charge in [0.05, 0.1) is 11.7 Å². The third kappa shape index (κ3) is 5.62. The topological polar surface area (TPSA) is 41.5 Å². The van der Waals surface area contributed by atoms with Crippen molar-refractivity contribution in [3.8, 4) is 5.75 Å². The standard InChI is InChI=1S/C16H27NO2/c1-5-11-17-12-10-16(4,18)14-6-8-15(9-7-14)19-13(2)3/h6-9,13,17-18H,5,10-12H2,1-4H3. The highest BCUT2D eigenvalue weighted by atomic mass is 16.5. The van der Waals surface area contributed by atoms with E-state index in [0.717, 1.165) is 30.8 Å². The van der Waals surface area contributed by atoms with Gasteiger partial charge in [-0.15, -0.1) is 0 Å². The first-order valence-corrected chi connectivity index (χ1v) is 7.16. The SMILES string of the molecule is CCCNCCC(C)(O)c1ccc(OC(C)C)cc1. The van der Waals surface area contributed by atoms with E-state index in [0.29, 0.717) is 6.42 Å². The van der Waals surface area contributed by atoms with Gasteiger partial charge in [0.25, 0.3) is 0 Å². The smallest absolute Gasteiger partial charge is 0.119 e. The van der Waals surface area contributed by atoms with Gasteiger partial charge in [0.1, 0.15) is 5.75 Å². The second-order valence-electron chi connectivity index (χ2n) is 5.46. The molecule has 0 spiro atoms. The number of hydrogen-bond donors (Lipinski definition) is 2. The monoisotopic (exact) mass is 265 g/mol. The van der Waals surface area contributed by atoms with Crippen LogP contribution >= 0.6 is 0 Å². The van der Waals surface area contributed by atoms with E-state index in [4.69, 9.17) is 4.74 Å². The van der Waals surface area contributed by atoms with Crippen molar-refractivity contribution in [3.05, 3.63) is 29.8 Å². The van der Waals surface area contributed by atoms with E-state index in [-0.39, 0.29) is 6.10 Å². The third-order valence-electron chi connectivity index (χ3n) is 3.06. The van der Waals surface area contributed by atoms with Crippen LogP contribution in [0.2, 0.25) is 0 Å². The highest BCUT2D eigenvalue weighted by Gasteiger charge is 2.22. The average Bonchev–Trinajstić information content (AvgIpc) is 2.35. The largest absolute Gasteiger partial charge is 0.491 e. The summed E-state index contributed by atoms with van der Waals surface area (Å²) in [6.07, 6.45) is 1.99. The lowest BCUT2D eigenvalue weighted by atomic mass is 9.92. The summed E-state index contributed by atoms with van der Waals surface area (Å²) >= 11 is 0. The summed E-state index contributed by atoms with van der Waals surface area (Å²) in [4.78, 5) is 0. The number of benzene rings is 1. The van der Waals surface area contributed by atoms with Crippen molar-refractivity contribution in [1.29, 1.82) is 0 Å². The predicted molar refractivity (Wildman–Crippen MR) is 79.6 cm³/mol. The van der Waals surface area contributed by atoms with Gasteiger partial charge in [-0.05, 0) is 64.4 Å². The van der Waals surface area contributed by atoms with Crippen LogP contribution in [-0.2, 0) is 5.60 Å². The molecule has 0 heterocycles. The molecule has 3 heteroatoms. The summed E-state index contributed by atoms with van der Waals surface area (Å²) in [5.41, 5.74) is 0.138. The van der Waals surface area contributed by atoms with Crippen molar-refractivity contribution in [2.45, 2.75) is 52.2 Å². The van der Waals surface area contributed by atoms with Gasteiger partial charge < -0.3 is 15.2 Å². The Labute approximate surface area is 117 Å². The molecule has 1 aromatic carbocycles. The average molecular weight is 265 g/mol. The van der Waals surface area contributed by atoms with Crippen LogP contribution in [0.25, 0.3) is 0 Å². The molecular formula is C16H27NO2. The van der Waals surface area contributed by atoms with Gasteiger partial charge in [-0.25, -0.2) is 0 Å². The Morgan fingerprint density at radius 3 is 2.37 bits per heavy atom. The molecule has 0 aliphatic heterocycles. The highest BCUT2D eigenvalue weighted by Crippen LogP contribution is 2.26.